The van der Waals surface area contributed by atoms with Crippen molar-refractivity contribution in [3.8, 4) is 22.3 Å². The highest BCUT2D eigenvalue weighted by molar-refractivity contribution is 6.74. The molecule has 0 radical (unpaired) electrons. The van der Waals surface area contributed by atoms with Crippen molar-refractivity contribution in [2.45, 2.75) is 52.1 Å². The van der Waals surface area contributed by atoms with E-state index in [4.69, 9.17) is 9.16 Å². The van der Waals surface area contributed by atoms with Crippen LogP contribution in [0.2, 0.25) is 18.1 Å². The Balaban J connectivity index is 1.40. The van der Waals surface area contributed by atoms with Crippen molar-refractivity contribution in [1.29, 1.82) is 0 Å². The summed E-state index contributed by atoms with van der Waals surface area (Å²) in [6.07, 6.45) is 0. The van der Waals surface area contributed by atoms with E-state index in [9.17, 15) is 0 Å². The molecular weight excluding hydrogens is 470 g/mol. The predicted molar refractivity (Wildman–Crippen MR) is 160 cm³/mol. The van der Waals surface area contributed by atoms with Crippen LogP contribution in [0.15, 0.2) is 97.1 Å². The monoisotopic (exact) mass is 509 g/mol. The molecule has 0 heterocycles. The normalized spacial score (nSPS) is 11.9. The second-order valence-electron chi connectivity index (χ2n) is 11.2. The van der Waals surface area contributed by atoms with Gasteiger partial charge in [-0.3, -0.25) is 0 Å². The van der Waals surface area contributed by atoms with E-state index in [0.717, 1.165) is 11.4 Å². The first-order valence-corrected chi connectivity index (χ1v) is 15.8. The third kappa shape index (κ3) is 6.98. The Labute approximate surface area is 223 Å². The zero-order valence-corrected chi connectivity index (χ0v) is 24.0. The minimum absolute atomic E-state index is 0.211. The van der Waals surface area contributed by atoms with Gasteiger partial charge in [-0.2, -0.15) is 0 Å². The molecule has 4 aromatic carbocycles. The standard InChI is InChI=1S/C33H39NO2Si/c1-33(2,3)37(5,6)36-24-26-10-8-12-30(22-26)28-15-19-32(20-16-28)34-31-17-13-27(14-18-31)29-11-7-9-25(21-29)23-35-4/h7-22,34H,23-24H2,1-6H3. The largest absolute Gasteiger partial charge is 0.413 e. The van der Waals surface area contributed by atoms with E-state index < -0.39 is 8.32 Å². The summed E-state index contributed by atoms with van der Waals surface area (Å²) in [5, 5.41) is 3.73. The summed E-state index contributed by atoms with van der Waals surface area (Å²) in [7, 11) is -0.0466. The molecule has 0 bridgehead atoms. The van der Waals surface area contributed by atoms with E-state index in [-0.39, 0.29) is 5.04 Å². The van der Waals surface area contributed by atoms with Gasteiger partial charge < -0.3 is 14.5 Å². The van der Waals surface area contributed by atoms with Crippen LogP contribution in [0.1, 0.15) is 31.9 Å². The first kappa shape index (κ1) is 26.9. The Morgan fingerprint density at radius 3 is 1.51 bits per heavy atom. The second-order valence-corrected chi connectivity index (χ2v) is 16.0. The molecule has 0 atom stereocenters. The van der Waals surface area contributed by atoms with Crippen LogP contribution in [0.4, 0.5) is 11.4 Å². The van der Waals surface area contributed by atoms with Gasteiger partial charge in [0, 0.05) is 18.5 Å². The van der Waals surface area contributed by atoms with Gasteiger partial charge >= 0.3 is 0 Å². The fraction of sp³-hybridized carbons (Fsp3) is 0.273. The first-order valence-electron chi connectivity index (χ1n) is 12.9. The number of ether oxygens (including phenoxy) is 1. The van der Waals surface area contributed by atoms with Crippen LogP contribution in [0.5, 0.6) is 0 Å². The van der Waals surface area contributed by atoms with Crippen molar-refractivity contribution >= 4 is 19.7 Å². The molecule has 4 aromatic rings. The number of rotatable bonds is 9. The van der Waals surface area contributed by atoms with E-state index >= 15 is 0 Å². The zero-order chi connectivity index (χ0) is 26.5. The minimum Gasteiger partial charge on any atom is -0.413 e. The van der Waals surface area contributed by atoms with Gasteiger partial charge in [-0.05, 0) is 87.9 Å². The SMILES string of the molecule is COCc1cccc(-c2ccc(Nc3ccc(-c4cccc(CO[Si](C)(C)C(C)(C)C)c4)cc3)cc2)c1. The van der Waals surface area contributed by atoms with Crippen molar-refractivity contribution in [1.82, 2.24) is 0 Å². The molecule has 0 amide bonds. The molecule has 0 fully saturated rings. The highest BCUT2D eigenvalue weighted by Crippen LogP contribution is 2.37. The van der Waals surface area contributed by atoms with E-state index in [2.05, 4.69) is 136 Å². The van der Waals surface area contributed by atoms with Gasteiger partial charge in [-0.15, -0.1) is 0 Å². The van der Waals surface area contributed by atoms with Crippen molar-refractivity contribution in [3.05, 3.63) is 108 Å². The van der Waals surface area contributed by atoms with Crippen molar-refractivity contribution in [2.24, 2.45) is 0 Å². The fourth-order valence-electron chi connectivity index (χ4n) is 3.99. The summed E-state index contributed by atoms with van der Waals surface area (Å²) in [4.78, 5) is 0. The van der Waals surface area contributed by atoms with Gasteiger partial charge in [0.05, 0.1) is 13.2 Å². The number of hydrogen-bond acceptors (Lipinski definition) is 3. The summed E-state index contributed by atoms with van der Waals surface area (Å²) >= 11 is 0. The lowest BCUT2D eigenvalue weighted by molar-refractivity contribution is 0.185. The Kier molecular flexibility index (Phi) is 8.33. The maximum absolute atomic E-state index is 6.43. The predicted octanol–water partition coefficient (Wildman–Crippen LogP) is 9.43. The molecule has 4 heteroatoms. The molecular formula is C33H39NO2Si. The van der Waals surface area contributed by atoms with Crippen LogP contribution >= 0.6 is 0 Å². The summed E-state index contributed by atoms with van der Waals surface area (Å²) in [5.41, 5.74) is 9.33. The summed E-state index contributed by atoms with van der Waals surface area (Å²) in [6, 6.07) is 34.3. The first-order chi connectivity index (χ1) is 17.6. The number of anilines is 2. The molecule has 0 aliphatic heterocycles. The van der Waals surface area contributed by atoms with E-state index in [0.29, 0.717) is 13.2 Å². The topological polar surface area (TPSA) is 30.5 Å². The average Bonchev–Trinajstić information content (AvgIpc) is 2.88. The number of nitrogens with one attached hydrogen (secondary N) is 1. The number of hydrogen-bond donors (Lipinski definition) is 1. The van der Waals surface area contributed by atoms with Crippen LogP contribution in [0, 0.1) is 0 Å². The molecule has 0 saturated carbocycles. The molecule has 0 spiro atoms. The maximum Gasteiger partial charge on any atom is 0.192 e. The highest BCUT2D eigenvalue weighted by atomic mass is 28.4. The van der Waals surface area contributed by atoms with E-state index in [1.165, 1.54) is 33.4 Å². The maximum atomic E-state index is 6.43. The molecule has 0 aliphatic rings. The summed E-state index contributed by atoms with van der Waals surface area (Å²) in [6.45, 7) is 12.7. The quantitative estimate of drug-likeness (QED) is 0.228. The van der Waals surface area contributed by atoms with Gasteiger partial charge in [0.15, 0.2) is 8.32 Å². The Morgan fingerprint density at radius 1 is 0.622 bits per heavy atom. The third-order valence-corrected chi connectivity index (χ3v) is 11.8. The van der Waals surface area contributed by atoms with Gasteiger partial charge in [-0.1, -0.05) is 81.4 Å². The number of methoxy groups -OCH3 is 1. The average molecular weight is 510 g/mol. The van der Waals surface area contributed by atoms with Gasteiger partial charge in [0.25, 0.3) is 0 Å². The Hall–Kier alpha value is -3.18. The molecule has 4 rings (SSSR count). The molecule has 0 saturated heterocycles. The van der Waals surface area contributed by atoms with Crippen molar-refractivity contribution in [3.63, 3.8) is 0 Å². The second kappa shape index (κ2) is 11.5. The van der Waals surface area contributed by atoms with Crippen LogP contribution < -0.4 is 5.32 Å². The molecule has 0 unspecified atom stereocenters. The van der Waals surface area contributed by atoms with Crippen LogP contribution in [0.25, 0.3) is 22.3 Å². The summed E-state index contributed by atoms with van der Waals surface area (Å²) in [5.74, 6) is 0. The molecule has 0 aromatic heterocycles. The Bertz CT molecular complexity index is 1310. The van der Waals surface area contributed by atoms with Gasteiger partial charge in [0.1, 0.15) is 0 Å². The minimum atomic E-state index is -1.77. The van der Waals surface area contributed by atoms with Gasteiger partial charge in [-0.25, -0.2) is 0 Å². The van der Waals surface area contributed by atoms with Crippen molar-refractivity contribution in [2.75, 3.05) is 12.4 Å². The van der Waals surface area contributed by atoms with E-state index in [1.807, 2.05) is 0 Å². The fourth-order valence-corrected chi connectivity index (χ4v) is 4.95. The third-order valence-electron chi connectivity index (χ3n) is 7.30. The van der Waals surface area contributed by atoms with Crippen LogP contribution in [-0.4, -0.2) is 15.4 Å². The lowest BCUT2D eigenvalue weighted by Gasteiger charge is -2.36. The van der Waals surface area contributed by atoms with Crippen molar-refractivity contribution < 1.29 is 9.16 Å². The molecule has 192 valence electrons. The molecule has 37 heavy (non-hydrogen) atoms. The summed E-state index contributed by atoms with van der Waals surface area (Å²) < 4.78 is 11.7. The molecule has 1 N–H and O–H groups in total. The molecule has 0 aliphatic carbocycles. The molecule has 3 nitrogen and oxygen atoms in total. The lowest BCUT2D eigenvalue weighted by atomic mass is 10.0. The number of benzene rings is 4. The smallest absolute Gasteiger partial charge is 0.192 e. The zero-order valence-electron chi connectivity index (χ0n) is 23.0. The highest BCUT2D eigenvalue weighted by Gasteiger charge is 2.37. The Morgan fingerprint density at radius 2 is 1.08 bits per heavy atom. The van der Waals surface area contributed by atoms with E-state index in [1.54, 1.807) is 7.11 Å². The van der Waals surface area contributed by atoms with Gasteiger partial charge in [0.2, 0.25) is 0 Å². The lowest BCUT2D eigenvalue weighted by Crippen LogP contribution is -2.40. The van der Waals surface area contributed by atoms with Crippen LogP contribution in [-0.2, 0) is 22.4 Å². The van der Waals surface area contributed by atoms with Crippen LogP contribution in [0.3, 0.4) is 0 Å².